The van der Waals surface area contributed by atoms with E-state index in [2.05, 4.69) is 18.2 Å². The van der Waals surface area contributed by atoms with Crippen LogP contribution in [0.15, 0.2) is 48.5 Å². The van der Waals surface area contributed by atoms with Crippen LogP contribution in [-0.2, 0) is 13.2 Å². The van der Waals surface area contributed by atoms with Crippen molar-refractivity contribution in [3.8, 4) is 5.75 Å². The summed E-state index contributed by atoms with van der Waals surface area (Å²) in [6.45, 7) is 1.04. The standard InChI is InChI=1S/C16H14FNOS/c17-13-3-5-14(6-4-13)19-10-15-8-12-2-1-11(9-18)7-16(12)20-15/h1-8H,9-10,18H2. The van der Waals surface area contributed by atoms with Crippen LogP contribution in [0.25, 0.3) is 10.1 Å². The summed E-state index contributed by atoms with van der Waals surface area (Å²) < 4.78 is 19.7. The number of halogens is 1. The molecule has 1 heterocycles. The Kier molecular flexibility index (Phi) is 3.67. The molecule has 0 radical (unpaired) electrons. The number of ether oxygens (including phenoxy) is 1. The van der Waals surface area contributed by atoms with E-state index in [-0.39, 0.29) is 5.82 Å². The van der Waals surface area contributed by atoms with Gasteiger partial charge in [0.1, 0.15) is 18.2 Å². The first-order valence-electron chi connectivity index (χ1n) is 6.34. The van der Waals surface area contributed by atoms with E-state index in [4.69, 9.17) is 10.5 Å². The first-order valence-corrected chi connectivity index (χ1v) is 7.16. The van der Waals surface area contributed by atoms with Gasteiger partial charge in [0.15, 0.2) is 0 Å². The summed E-state index contributed by atoms with van der Waals surface area (Å²) in [5, 5.41) is 1.20. The summed E-state index contributed by atoms with van der Waals surface area (Å²) in [4.78, 5) is 1.14. The van der Waals surface area contributed by atoms with Gasteiger partial charge in [0.2, 0.25) is 0 Å². The normalized spacial score (nSPS) is 10.9. The van der Waals surface area contributed by atoms with Crippen molar-refractivity contribution in [1.82, 2.24) is 0 Å². The highest BCUT2D eigenvalue weighted by molar-refractivity contribution is 7.19. The average molecular weight is 287 g/mol. The Morgan fingerprint density at radius 1 is 1.05 bits per heavy atom. The molecule has 2 N–H and O–H groups in total. The Hall–Kier alpha value is -1.91. The van der Waals surface area contributed by atoms with Crippen LogP contribution in [0.2, 0.25) is 0 Å². The molecular formula is C16H14FNOS. The molecule has 0 saturated heterocycles. The third-order valence-corrected chi connectivity index (χ3v) is 4.14. The molecule has 0 aliphatic heterocycles. The highest BCUT2D eigenvalue weighted by Gasteiger charge is 2.04. The molecule has 0 amide bonds. The molecule has 0 bridgehead atoms. The smallest absolute Gasteiger partial charge is 0.123 e. The van der Waals surface area contributed by atoms with Gasteiger partial charge in [0, 0.05) is 16.1 Å². The lowest BCUT2D eigenvalue weighted by Crippen LogP contribution is -1.94. The molecule has 0 saturated carbocycles. The van der Waals surface area contributed by atoms with Crippen molar-refractivity contribution >= 4 is 21.4 Å². The molecule has 0 spiro atoms. The maximum absolute atomic E-state index is 12.8. The van der Waals surface area contributed by atoms with Crippen LogP contribution in [0.3, 0.4) is 0 Å². The van der Waals surface area contributed by atoms with Crippen LogP contribution in [0.1, 0.15) is 10.4 Å². The van der Waals surface area contributed by atoms with Crippen LogP contribution >= 0.6 is 11.3 Å². The molecule has 0 fully saturated rings. The highest BCUT2D eigenvalue weighted by Crippen LogP contribution is 2.27. The number of benzene rings is 2. The van der Waals surface area contributed by atoms with E-state index in [1.165, 1.54) is 22.2 Å². The van der Waals surface area contributed by atoms with Crippen LogP contribution in [0, 0.1) is 5.82 Å². The predicted molar refractivity (Wildman–Crippen MR) is 80.4 cm³/mol. The molecule has 0 atom stereocenters. The first kappa shape index (κ1) is 13.1. The largest absolute Gasteiger partial charge is 0.488 e. The van der Waals surface area contributed by atoms with Crippen molar-refractivity contribution in [3.05, 3.63) is 64.8 Å². The zero-order chi connectivity index (χ0) is 13.9. The topological polar surface area (TPSA) is 35.2 Å². The lowest BCUT2D eigenvalue weighted by molar-refractivity contribution is 0.309. The van der Waals surface area contributed by atoms with E-state index in [1.807, 2.05) is 6.07 Å². The molecule has 20 heavy (non-hydrogen) atoms. The molecule has 0 unspecified atom stereocenters. The van der Waals surface area contributed by atoms with Crippen molar-refractivity contribution in [1.29, 1.82) is 0 Å². The van der Waals surface area contributed by atoms with E-state index < -0.39 is 0 Å². The molecule has 102 valence electrons. The van der Waals surface area contributed by atoms with E-state index in [1.54, 1.807) is 23.5 Å². The lowest BCUT2D eigenvalue weighted by Gasteiger charge is -2.03. The zero-order valence-electron chi connectivity index (χ0n) is 10.8. The number of nitrogens with two attached hydrogens (primary N) is 1. The van der Waals surface area contributed by atoms with Gasteiger partial charge < -0.3 is 10.5 Å². The van der Waals surface area contributed by atoms with Gasteiger partial charge in [-0.15, -0.1) is 11.3 Å². The SMILES string of the molecule is NCc1ccc2cc(COc3ccc(F)cc3)sc2c1. The summed E-state index contributed by atoms with van der Waals surface area (Å²) in [5.41, 5.74) is 6.77. The van der Waals surface area contributed by atoms with Crippen molar-refractivity contribution in [3.63, 3.8) is 0 Å². The number of thiophene rings is 1. The number of hydrogen-bond donors (Lipinski definition) is 1. The van der Waals surface area contributed by atoms with Crippen molar-refractivity contribution in [2.45, 2.75) is 13.2 Å². The molecule has 0 aliphatic rings. The van der Waals surface area contributed by atoms with Crippen LogP contribution in [0.4, 0.5) is 4.39 Å². The van der Waals surface area contributed by atoms with E-state index in [0.29, 0.717) is 18.9 Å². The summed E-state index contributed by atoms with van der Waals surface area (Å²) in [6, 6.07) is 14.4. The van der Waals surface area contributed by atoms with Crippen molar-refractivity contribution in [2.75, 3.05) is 0 Å². The van der Waals surface area contributed by atoms with Gasteiger partial charge in [0.25, 0.3) is 0 Å². The van der Waals surface area contributed by atoms with E-state index >= 15 is 0 Å². The third-order valence-electron chi connectivity index (χ3n) is 3.07. The Balaban J connectivity index is 1.75. The summed E-state index contributed by atoms with van der Waals surface area (Å²) >= 11 is 1.69. The van der Waals surface area contributed by atoms with Gasteiger partial charge in [-0.25, -0.2) is 4.39 Å². The molecule has 2 nitrogen and oxygen atoms in total. The number of rotatable bonds is 4. The fraction of sp³-hybridized carbons (Fsp3) is 0.125. The monoisotopic (exact) mass is 287 g/mol. The molecule has 4 heteroatoms. The fourth-order valence-corrected chi connectivity index (χ4v) is 3.06. The van der Waals surface area contributed by atoms with Gasteiger partial charge in [-0.05, 0) is 47.3 Å². The number of fused-ring (bicyclic) bond motifs is 1. The summed E-state index contributed by atoms with van der Waals surface area (Å²) in [6.07, 6.45) is 0. The fourth-order valence-electron chi connectivity index (χ4n) is 2.01. The first-order chi connectivity index (χ1) is 9.74. The van der Waals surface area contributed by atoms with Gasteiger partial charge in [0.05, 0.1) is 0 Å². The lowest BCUT2D eigenvalue weighted by atomic mass is 10.2. The average Bonchev–Trinajstić information content (AvgIpc) is 2.88. The zero-order valence-corrected chi connectivity index (χ0v) is 11.6. The van der Waals surface area contributed by atoms with Gasteiger partial charge in [-0.2, -0.15) is 0 Å². The molecule has 0 aliphatic carbocycles. The highest BCUT2D eigenvalue weighted by atomic mass is 32.1. The van der Waals surface area contributed by atoms with Crippen molar-refractivity contribution in [2.24, 2.45) is 5.73 Å². The van der Waals surface area contributed by atoms with Crippen LogP contribution in [0.5, 0.6) is 5.75 Å². The Bertz CT molecular complexity index is 721. The van der Waals surface area contributed by atoms with Gasteiger partial charge in [-0.1, -0.05) is 12.1 Å². The van der Waals surface area contributed by atoms with Crippen molar-refractivity contribution < 1.29 is 9.13 Å². The maximum Gasteiger partial charge on any atom is 0.123 e. The second-order valence-corrected chi connectivity index (χ2v) is 5.70. The van der Waals surface area contributed by atoms with Crippen LogP contribution in [-0.4, -0.2) is 0 Å². The van der Waals surface area contributed by atoms with E-state index in [0.717, 1.165) is 10.4 Å². The molecular weight excluding hydrogens is 273 g/mol. The Morgan fingerprint density at radius 3 is 2.60 bits per heavy atom. The number of hydrogen-bond acceptors (Lipinski definition) is 3. The molecule has 3 aromatic rings. The van der Waals surface area contributed by atoms with Gasteiger partial charge >= 0.3 is 0 Å². The van der Waals surface area contributed by atoms with Crippen LogP contribution < -0.4 is 10.5 Å². The Morgan fingerprint density at radius 2 is 1.85 bits per heavy atom. The summed E-state index contributed by atoms with van der Waals surface area (Å²) in [7, 11) is 0. The minimum Gasteiger partial charge on any atom is -0.488 e. The Labute approximate surface area is 120 Å². The molecule has 3 rings (SSSR count). The predicted octanol–water partition coefficient (Wildman–Crippen LogP) is 4.08. The molecule has 1 aromatic heterocycles. The van der Waals surface area contributed by atoms with E-state index in [9.17, 15) is 4.39 Å². The quantitative estimate of drug-likeness (QED) is 0.784. The second-order valence-electron chi connectivity index (χ2n) is 4.53. The summed E-state index contributed by atoms with van der Waals surface area (Å²) in [5.74, 6) is 0.417. The molecule has 2 aromatic carbocycles. The minimum absolute atomic E-state index is 0.256. The third kappa shape index (κ3) is 2.81. The minimum atomic E-state index is -0.256. The van der Waals surface area contributed by atoms with Gasteiger partial charge in [-0.3, -0.25) is 0 Å². The maximum atomic E-state index is 12.8. The second kappa shape index (κ2) is 5.61.